The Balaban J connectivity index is 1.34. The Morgan fingerprint density at radius 3 is 2.62 bits per heavy atom. The van der Waals surface area contributed by atoms with Crippen molar-refractivity contribution in [3.05, 3.63) is 79.9 Å². The third-order valence-corrected chi connectivity index (χ3v) is 9.01. The highest BCUT2D eigenvalue weighted by Crippen LogP contribution is 2.36. The van der Waals surface area contributed by atoms with Gasteiger partial charge in [-0.1, -0.05) is 23.4 Å². The van der Waals surface area contributed by atoms with Gasteiger partial charge in [-0.15, -0.1) is 11.3 Å². The van der Waals surface area contributed by atoms with E-state index in [0.717, 1.165) is 0 Å². The SMILES string of the molecule is Cc1nc2cnc(N3CCN(CC(F)(F)F)CC3)c(C#N)c2c(=O)n1CC#Cc1ccc(Cl)cc1-c1ccnc2c(C(=O)O)csc12. The third-order valence-electron chi connectivity index (χ3n) is 7.77. The molecule has 1 aliphatic rings. The number of rotatable bonds is 5. The molecule has 5 heterocycles. The van der Waals surface area contributed by atoms with Crippen molar-refractivity contribution in [2.24, 2.45) is 0 Å². The maximum atomic E-state index is 13.8. The summed E-state index contributed by atoms with van der Waals surface area (Å²) in [4.78, 5) is 41.6. The molecule has 0 aliphatic carbocycles. The highest BCUT2D eigenvalue weighted by atomic mass is 35.5. The molecule has 0 atom stereocenters. The number of aryl methyl sites for hydroxylation is 1. The number of carboxylic acid groups (broad SMARTS) is 1. The van der Waals surface area contributed by atoms with Crippen molar-refractivity contribution in [2.75, 3.05) is 37.6 Å². The zero-order chi connectivity index (χ0) is 33.5. The van der Waals surface area contributed by atoms with Gasteiger partial charge in [-0.2, -0.15) is 18.4 Å². The standard InChI is InChI=1S/C32H23ClF3N7O3S/c1-18-40-25-15-39-29(42-11-9-41(10-12-42)17-32(34,35)36)23(14-37)26(25)30(44)43(18)8-2-3-19-4-5-20(33)13-22(19)21-6-7-38-27-24(31(45)46)16-47-28(21)27/h4-7,13,15-16H,8-12,17H2,1H3,(H,45,46). The van der Waals surface area contributed by atoms with Crippen LogP contribution in [0.3, 0.4) is 0 Å². The summed E-state index contributed by atoms with van der Waals surface area (Å²) in [6.45, 7) is 1.22. The molecule has 15 heteroatoms. The summed E-state index contributed by atoms with van der Waals surface area (Å²) in [6.07, 6.45) is -1.39. The molecule has 0 bridgehead atoms. The second-order valence-corrected chi connectivity index (χ2v) is 12.1. The van der Waals surface area contributed by atoms with E-state index < -0.39 is 24.2 Å². The molecule has 6 rings (SSSR count). The van der Waals surface area contributed by atoms with Crippen LogP contribution in [0.2, 0.25) is 5.02 Å². The molecule has 0 unspecified atom stereocenters. The zero-order valence-electron chi connectivity index (χ0n) is 24.6. The lowest BCUT2D eigenvalue weighted by atomic mass is 10.00. The first kappa shape index (κ1) is 31.9. The molecule has 1 aromatic carbocycles. The van der Waals surface area contributed by atoms with Gasteiger partial charge in [0.25, 0.3) is 5.56 Å². The van der Waals surface area contributed by atoms with Crippen LogP contribution < -0.4 is 10.5 Å². The lowest BCUT2D eigenvalue weighted by Gasteiger charge is -2.36. The molecule has 1 N–H and O–H groups in total. The van der Waals surface area contributed by atoms with Crippen LogP contribution >= 0.6 is 22.9 Å². The number of alkyl halides is 3. The number of hydrogen-bond acceptors (Lipinski definition) is 9. The predicted octanol–water partition coefficient (Wildman–Crippen LogP) is 5.34. The number of anilines is 1. The van der Waals surface area contributed by atoms with E-state index in [4.69, 9.17) is 11.6 Å². The van der Waals surface area contributed by atoms with Gasteiger partial charge in [0.05, 0.1) is 46.0 Å². The molecule has 1 saturated heterocycles. The van der Waals surface area contributed by atoms with Gasteiger partial charge in [-0.05, 0) is 31.2 Å². The van der Waals surface area contributed by atoms with E-state index in [1.807, 2.05) is 0 Å². The molecule has 0 radical (unpaired) electrons. The summed E-state index contributed by atoms with van der Waals surface area (Å²) in [5.74, 6) is 5.61. The van der Waals surface area contributed by atoms with Gasteiger partial charge >= 0.3 is 12.1 Å². The van der Waals surface area contributed by atoms with E-state index in [-0.39, 0.29) is 60.6 Å². The second kappa shape index (κ2) is 12.6. The van der Waals surface area contributed by atoms with E-state index in [0.29, 0.717) is 37.8 Å². The maximum Gasteiger partial charge on any atom is 0.401 e. The van der Waals surface area contributed by atoms with Crippen molar-refractivity contribution in [1.29, 1.82) is 5.26 Å². The van der Waals surface area contributed by atoms with E-state index in [2.05, 4.69) is 32.9 Å². The first-order valence-electron chi connectivity index (χ1n) is 14.2. The lowest BCUT2D eigenvalue weighted by molar-refractivity contribution is -0.146. The third kappa shape index (κ3) is 6.36. The van der Waals surface area contributed by atoms with E-state index in [9.17, 15) is 33.1 Å². The summed E-state index contributed by atoms with van der Waals surface area (Å²) in [5.41, 5.74) is 2.14. The van der Waals surface area contributed by atoms with Crippen molar-refractivity contribution < 1.29 is 23.1 Å². The van der Waals surface area contributed by atoms with Crippen LogP contribution in [0.15, 0.2) is 46.8 Å². The fourth-order valence-electron chi connectivity index (χ4n) is 5.57. The highest BCUT2D eigenvalue weighted by molar-refractivity contribution is 7.18. The van der Waals surface area contributed by atoms with Crippen molar-refractivity contribution in [3.8, 4) is 29.0 Å². The smallest absolute Gasteiger partial charge is 0.401 e. The number of carboxylic acids is 1. The second-order valence-electron chi connectivity index (χ2n) is 10.7. The number of nitriles is 1. The minimum Gasteiger partial charge on any atom is -0.478 e. The summed E-state index contributed by atoms with van der Waals surface area (Å²) in [7, 11) is 0. The van der Waals surface area contributed by atoms with Crippen LogP contribution in [0.5, 0.6) is 0 Å². The Kier molecular flexibility index (Phi) is 8.59. The van der Waals surface area contributed by atoms with Crippen LogP contribution in [-0.2, 0) is 6.54 Å². The first-order valence-corrected chi connectivity index (χ1v) is 15.4. The molecule has 10 nitrogen and oxygen atoms in total. The minimum atomic E-state index is -4.31. The van der Waals surface area contributed by atoms with E-state index in [1.165, 1.54) is 38.6 Å². The van der Waals surface area contributed by atoms with Gasteiger partial charge in [0.15, 0.2) is 0 Å². The summed E-state index contributed by atoms with van der Waals surface area (Å²) in [6, 6.07) is 8.97. The van der Waals surface area contributed by atoms with Crippen LogP contribution in [0.4, 0.5) is 19.0 Å². The van der Waals surface area contributed by atoms with Gasteiger partial charge in [0.1, 0.15) is 23.3 Å². The molecule has 47 heavy (non-hydrogen) atoms. The fourth-order valence-corrected chi connectivity index (χ4v) is 6.77. The number of pyridine rings is 2. The number of thiophene rings is 1. The van der Waals surface area contributed by atoms with Gasteiger partial charge in [0.2, 0.25) is 0 Å². The molecule has 0 spiro atoms. The largest absolute Gasteiger partial charge is 0.478 e. The summed E-state index contributed by atoms with van der Waals surface area (Å²) >= 11 is 7.59. The highest BCUT2D eigenvalue weighted by Gasteiger charge is 2.33. The number of carbonyl (C=O) groups is 1. The Morgan fingerprint density at radius 1 is 1.15 bits per heavy atom. The summed E-state index contributed by atoms with van der Waals surface area (Å²) in [5, 5.41) is 21.7. The zero-order valence-corrected chi connectivity index (χ0v) is 26.2. The monoisotopic (exact) mass is 677 g/mol. The van der Waals surface area contributed by atoms with Gasteiger partial charge < -0.3 is 10.0 Å². The Bertz CT molecular complexity index is 2230. The van der Waals surface area contributed by atoms with Crippen molar-refractivity contribution in [3.63, 3.8) is 0 Å². The number of halogens is 4. The number of hydrogen-bond donors (Lipinski definition) is 1. The predicted molar refractivity (Wildman–Crippen MR) is 172 cm³/mol. The van der Waals surface area contributed by atoms with E-state index >= 15 is 0 Å². The molecule has 0 saturated carbocycles. The lowest BCUT2D eigenvalue weighted by Crippen LogP contribution is -2.49. The topological polar surface area (TPSA) is 128 Å². The van der Waals surface area contributed by atoms with Crippen LogP contribution in [0.25, 0.3) is 32.2 Å². The van der Waals surface area contributed by atoms with Gasteiger partial charge in [-0.25, -0.2) is 14.8 Å². The molecule has 238 valence electrons. The normalized spacial score (nSPS) is 13.8. The molecule has 5 aromatic rings. The average Bonchev–Trinajstić information content (AvgIpc) is 3.47. The molecule has 4 aromatic heterocycles. The van der Waals surface area contributed by atoms with Crippen LogP contribution in [0, 0.1) is 30.1 Å². The number of benzene rings is 1. The number of fused-ring (bicyclic) bond motifs is 2. The number of piperazine rings is 1. The number of aromatic carboxylic acids is 1. The molecular weight excluding hydrogens is 655 g/mol. The first-order chi connectivity index (χ1) is 22.4. The number of aromatic nitrogens is 4. The Morgan fingerprint density at radius 2 is 1.91 bits per heavy atom. The quantitative estimate of drug-likeness (QED) is 0.245. The van der Waals surface area contributed by atoms with E-state index in [1.54, 1.807) is 36.1 Å². The molecular formula is C32H23ClF3N7O3S. The fraction of sp³-hybridized carbons (Fsp3) is 0.250. The number of nitrogens with zero attached hydrogens (tertiary/aromatic N) is 7. The molecule has 0 amide bonds. The Hall–Kier alpha value is -5.02. The van der Waals surface area contributed by atoms with Crippen LogP contribution in [0.1, 0.15) is 27.3 Å². The van der Waals surface area contributed by atoms with Crippen molar-refractivity contribution in [2.45, 2.75) is 19.6 Å². The molecule has 1 fully saturated rings. The van der Waals surface area contributed by atoms with Crippen molar-refractivity contribution >= 4 is 55.8 Å². The summed E-state index contributed by atoms with van der Waals surface area (Å²) < 4.78 is 40.6. The average molecular weight is 678 g/mol. The molecule has 1 aliphatic heterocycles. The van der Waals surface area contributed by atoms with Gasteiger partial charge in [0, 0.05) is 59.5 Å². The van der Waals surface area contributed by atoms with Crippen LogP contribution in [-0.4, -0.2) is 74.4 Å². The Labute approximate surface area is 274 Å². The van der Waals surface area contributed by atoms with Crippen molar-refractivity contribution in [1.82, 2.24) is 24.4 Å². The minimum absolute atomic E-state index is 0.00403. The maximum absolute atomic E-state index is 13.8. The van der Waals surface area contributed by atoms with Gasteiger partial charge in [-0.3, -0.25) is 19.2 Å².